The Labute approximate surface area is 112 Å². The number of morpholine rings is 1. The minimum Gasteiger partial charge on any atom is -0.378 e. The van der Waals surface area contributed by atoms with E-state index in [1.807, 2.05) is 11.0 Å². The van der Waals surface area contributed by atoms with Crippen LogP contribution in [-0.2, 0) is 4.74 Å². The second kappa shape index (κ2) is 5.71. The van der Waals surface area contributed by atoms with Crippen LogP contribution >= 0.6 is 0 Å². The van der Waals surface area contributed by atoms with E-state index in [1.54, 1.807) is 0 Å². The molecule has 2 aliphatic rings. The number of hydrogen-bond donors (Lipinski definition) is 2. The third kappa shape index (κ3) is 2.79. The van der Waals surface area contributed by atoms with E-state index >= 15 is 0 Å². The zero-order valence-electron chi connectivity index (χ0n) is 11.0. The van der Waals surface area contributed by atoms with E-state index in [9.17, 15) is 4.79 Å². The summed E-state index contributed by atoms with van der Waals surface area (Å²) in [6.45, 7) is 4.64. The summed E-state index contributed by atoms with van der Waals surface area (Å²) >= 11 is 0. The first kappa shape index (κ1) is 12.6. The van der Waals surface area contributed by atoms with Gasteiger partial charge in [0.05, 0.1) is 13.2 Å². The van der Waals surface area contributed by atoms with Crippen molar-refractivity contribution >= 4 is 5.91 Å². The number of nitrogens with zero attached hydrogens (tertiary/aromatic N) is 2. The van der Waals surface area contributed by atoms with Gasteiger partial charge < -0.3 is 15.0 Å². The van der Waals surface area contributed by atoms with Gasteiger partial charge in [-0.25, -0.2) is 0 Å². The van der Waals surface area contributed by atoms with Gasteiger partial charge in [-0.3, -0.25) is 9.89 Å². The summed E-state index contributed by atoms with van der Waals surface area (Å²) < 4.78 is 5.26. The normalized spacial score (nSPS) is 21.6. The van der Waals surface area contributed by atoms with E-state index in [0.717, 1.165) is 31.6 Å². The maximum atomic E-state index is 12.3. The van der Waals surface area contributed by atoms with Crippen molar-refractivity contribution in [3.63, 3.8) is 0 Å². The lowest BCUT2D eigenvalue weighted by Crippen LogP contribution is -2.40. The number of amides is 1. The Morgan fingerprint density at radius 3 is 2.79 bits per heavy atom. The SMILES string of the molecule is O=C(c1cc(C2CCNCC2)[nH]n1)N1CCOCC1. The number of H-pyrrole nitrogens is 1. The summed E-state index contributed by atoms with van der Waals surface area (Å²) in [6, 6.07) is 1.92. The zero-order valence-corrected chi connectivity index (χ0v) is 11.0. The van der Waals surface area contributed by atoms with Gasteiger partial charge in [0.1, 0.15) is 5.69 Å². The molecule has 1 aromatic rings. The van der Waals surface area contributed by atoms with Crippen LogP contribution in [0.4, 0.5) is 0 Å². The third-order valence-electron chi connectivity index (χ3n) is 3.89. The number of hydrogen-bond acceptors (Lipinski definition) is 4. The molecule has 19 heavy (non-hydrogen) atoms. The standard InChI is InChI=1S/C13H20N4O2/c18-13(17-5-7-19-8-6-17)12-9-11(15-16-12)10-1-3-14-4-2-10/h9-10,14H,1-8H2,(H,15,16). The number of piperidine rings is 1. The highest BCUT2D eigenvalue weighted by atomic mass is 16.5. The smallest absolute Gasteiger partial charge is 0.274 e. The molecular weight excluding hydrogens is 244 g/mol. The minimum absolute atomic E-state index is 0.0136. The van der Waals surface area contributed by atoms with Gasteiger partial charge in [-0.05, 0) is 32.0 Å². The highest BCUT2D eigenvalue weighted by molar-refractivity contribution is 5.92. The molecule has 6 nitrogen and oxygen atoms in total. The van der Waals surface area contributed by atoms with Gasteiger partial charge in [-0.2, -0.15) is 5.10 Å². The molecule has 104 valence electrons. The van der Waals surface area contributed by atoms with Crippen LogP contribution in [0.5, 0.6) is 0 Å². The van der Waals surface area contributed by atoms with E-state index in [4.69, 9.17) is 4.74 Å². The summed E-state index contributed by atoms with van der Waals surface area (Å²) in [6.07, 6.45) is 2.21. The molecule has 0 spiro atoms. The first-order valence-corrected chi connectivity index (χ1v) is 6.97. The van der Waals surface area contributed by atoms with Gasteiger partial charge in [0.2, 0.25) is 0 Å². The van der Waals surface area contributed by atoms with Crippen LogP contribution in [0.25, 0.3) is 0 Å². The second-order valence-electron chi connectivity index (χ2n) is 5.14. The fraction of sp³-hybridized carbons (Fsp3) is 0.692. The van der Waals surface area contributed by atoms with E-state index < -0.39 is 0 Å². The Morgan fingerprint density at radius 2 is 2.05 bits per heavy atom. The maximum absolute atomic E-state index is 12.3. The van der Waals surface area contributed by atoms with Crippen LogP contribution in [0, 0.1) is 0 Å². The molecule has 2 aliphatic heterocycles. The summed E-state index contributed by atoms with van der Waals surface area (Å²) in [5.41, 5.74) is 1.63. The molecule has 0 aliphatic carbocycles. The predicted molar refractivity (Wildman–Crippen MR) is 70.2 cm³/mol. The number of aromatic nitrogens is 2. The Morgan fingerprint density at radius 1 is 1.32 bits per heavy atom. The van der Waals surface area contributed by atoms with Crippen molar-refractivity contribution in [3.8, 4) is 0 Å². The summed E-state index contributed by atoms with van der Waals surface area (Å²) in [5, 5.41) is 10.6. The summed E-state index contributed by atoms with van der Waals surface area (Å²) in [5.74, 6) is 0.514. The topological polar surface area (TPSA) is 70.2 Å². The number of carbonyl (C=O) groups excluding carboxylic acids is 1. The number of aromatic amines is 1. The molecule has 3 heterocycles. The molecule has 0 bridgehead atoms. The predicted octanol–water partition coefficient (Wildman–Crippen LogP) is 0.349. The first-order chi connectivity index (χ1) is 9.34. The third-order valence-corrected chi connectivity index (χ3v) is 3.89. The Hall–Kier alpha value is -1.40. The molecule has 1 aromatic heterocycles. The average Bonchev–Trinajstić information content (AvgIpc) is 2.98. The molecule has 6 heteroatoms. The Bertz CT molecular complexity index is 434. The monoisotopic (exact) mass is 264 g/mol. The zero-order chi connectivity index (χ0) is 13.1. The lowest BCUT2D eigenvalue weighted by atomic mass is 9.94. The number of rotatable bonds is 2. The van der Waals surface area contributed by atoms with Crippen LogP contribution < -0.4 is 5.32 Å². The van der Waals surface area contributed by atoms with E-state index in [1.165, 1.54) is 0 Å². The number of carbonyl (C=O) groups is 1. The summed E-state index contributed by atoms with van der Waals surface area (Å²) in [7, 11) is 0. The second-order valence-corrected chi connectivity index (χ2v) is 5.14. The fourth-order valence-corrected chi connectivity index (χ4v) is 2.72. The quantitative estimate of drug-likeness (QED) is 0.808. The lowest BCUT2D eigenvalue weighted by molar-refractivity contribution is 0.0299. The fourth-order valence-electron chi connectivity index (χ4n) is 2.72. The van der Waals surface area contributed by atoms with Crippen molar-refractivity contribution in [1.82, 2.24) is 20.4 Å². The molecule has 2 N–H and O–H groups in total. The van der Waals surface area contributed by atoms with Gasteiger partial charge in [0.25, 0.3) is 5.91 Å². The summed E-state index contributed by atoms with van der Waals surface area (Å²) in [4.78, 5) is 14.1. The van der Waals surface area contributed by atoms with Crippen LogP contribution in [0.1, 0.15) is 34.9 Å². The van der Waals surface area contributed by atoms with Gasteiger partial charge in [-0.1, -0.05) is 0 Å². The Balaban J connectivity index is 1.67. The molecular formula is C13H20N4O2. The highest BCUT2D eigenvalue weighted by Crippen LogP contribution is 2.24. The minimum atomic E-state index is 0.0136. The molecule has 3 rings (SSSR count). The van der Waals surface area contributed by atoms with Gasteiger partial charge in [-0.15, -0.1) is 0 Å². The van der Waals surface area contributed by atoms with Gasteiger partial charge >= 0.3 is 0 Å². The van der Waals surface area contributed by atoms with E-state index in [0.29, 0.717) is 37.9 Å². The molecule has 0 unspecified atom stereocenters. The van der Waals surface area contributed by atoms with E-state index in [-0.39, 0.29) is 5.91 Å². The van der Waals surface area contributed by atoms with Crippen molar-refractivity contribution in [1.29, 1.82) is 0 Å². The van der Waals surface area contributed by atoms with Gasteiger partial charge in [0.15, 0.2) is 0 Å². The van der Waals surface area contributed by atoms with Crippen molar-refractivity contribution in [2.75, 3.05) is 39.4 Å². The first-order valence-electron chi connectivity index (χ1n) is 6.97. The molecule has 0 radical (unpaired) electrons. The van der Waals surface area contributed by atoms with Crippen molar-refractivity contribution in [2.24, 2.45) is 0 Å². The molecule has 0 saturated carbocycles. The van der Waals surface area contributed by atoms with Crippen molar-refractivity contribution in [3.05, 3.63) is 17.5 Å². The molecule has 2 fully saturated rings. The number of ether oxygens (including phenoxy) is 1. The molecule has 1 amide bonds. The molecule has 0 aromatic carbocycles. The van der Waals surface area contributed by atoms with Gasteiger partial charge in [0, 0.05) is 24.7 Å². The largest absolute Gasteiger partial charge is 0.378 e. The van der Waals surface area contributed by atoms with Crippen LogP contribution in [0.15, 0.2) is 6.07 Å². The molecule has 0 atom stereocenters. The van der Waals surface area contributed by atoms with Crippen LogP contribution in [0.3, 0.4) is 0 Å². The van der Waals surface area contributed by atoms with Crippen LogP contribution in [-0.4, -0.2) is 60.4 Å². The molecule has 2 saturated heterocycles. The average molecular weight is 264 g/mol. The lowest BCUT2D eigenvalue weighted by Gasteiger charge is -2.25. The maximum Gasteiger partial charge on any atom is 0.274 e. The van der Waals surface area contributed by atoms with Crippen LogP contribution in [0.2, 0.25) is 0 Å². The van der Waals surface area contributed by atoms with Crippen molar-refractivity contribution in [2.45, 2.75) is 18.8 Å². The van der Waals surface area contributed by atoms with Crippen molar-refractivity contribution < 1.29 is 9.53 Å². The highest BCUT2D eigenvalue weighted by Gasteiger charge is 2.23. The Kier molecular flexibility index (Phi) is 3.79. The number of nitrogens with one attached hydrogen (secondary N) is 2. The van der Waals surface area contributed by atoms with E-state index in [2.05, 4.69) is 15.5 Å².